The maximum atomic E-state index is 5.80. The summed E-state index contributed by atoms with van der Waals surface area (Å²) in [5, 5.41) is 0. The molecule has 0 heterocycles. The standard InChI is InChI=1S/C10H15N/c1-4-9-5-7(2)6-10(11)8(9)3/h5-6H,4,11H2,1-3H3. The minimum Gasteiger partial charge on any atom is -0.398 e. The van der Waals surface area contributed by atoms with Crippen molar-refractivity contribution in [3.05, 3.63) is 28.8 Å². The van der Waals surface area contributed by atoms with Gasteiger partial charge in [-0.05, 0) is 43.0 Å². The van der Waals surface area contributed by atoms with E-state index in [1.165, 1.54) is 16.7 Å². The number of anilines is 1. The third kappa shape index (κ3) is 1.53. The summed E-state index contributed by atoms with van der Waals surface area (Å²) in [6.07, 6.45) is 1.07. The molecule has 1 rings (SSSR count). The molecule has 1 aromatic carbocycles. The SMILES string of the molecule is CCc1cc(C)cc(N)c1C. The molecule has 0 aromatic heterocycles. The molecule has 0 aliphatic carbocycles. The van der Waals surface area contributed by atoms with Crippen molar-refractivity contribution in [1.82, 2.24) is 0 Å². The molecule has 1 nitrogen and oxygen atoms in total. The molecular formula is C10H15N. The maximum absolute atomic E-state index is 5.80. The summed E-state index contributed by atoms with van der Waals surface area (Å²) >= 11 is 0. The van der Waals surface area contributed by atoms with Crippen molar-refractivity contribution in [2.75, 3.05) is 5.73 Å². The molecule has 11 heavy (non-hydrogen) atoms. The minimum absolute atomic E-state index is 0.918. The lowest BCUT2D eigenvalue weighted by molar-refractivity contribution is 1.10. The van der Waals surface area contributed by atoms with Crippen LogP contribution in [0.15, 0.2) is 12.1 Å². The van der Waals surface area contributed by atoms with Gasteiger partial charge in [0.2, 0.25) is 0 Å². The van der Waals surface area contributed by atoms with Crippen LogP contribution in [0.4, 0.5) is 5.69 Å². The Morgan fingerprint density at radius 1 is 1.27 bits per heavy atom. The Balaban J connectivity index is 3.24. The fourth-order valence-electron chi connectivity index (χ4n) is 1.33. The molecule has 0 saturated heterocycles. The third-order valence-corrected chi connectivity index (χ3v) is 2.08. The van der Waals surface area contributed by atoms with Gasteiger partial charge in [0.1, 0.15) is 0 Å². The average Bonchev–Trinajstić information content (AvgIpc) is 1.96. The van der Waals surface area contributed by atoms with Crippen LogP contribution in [0.25, 0.3) is 0 Å². The molecule has 0 saturated carbocycles. The Morgan fingerprint density at radius 3 is 2.45 bits per heavy atom. The molecule has 60 valence electrons. The summed E-state index contributed by atoms with van der Waals surface area (Å²) < 4.78 is 0. The summed E-state index contributed by atoms with van der Waals surface area (Å²) in [7, 11) is 0. The van der Waals surface area contributed by atoms with Crippen molar-refractivity contribution in [3.8, 4) is 0 Å². The molecule has 0 amide bonds. The van der Waals surface area contributed by atoms with E-state index in [0.29, 0.717) is 0 Å². The van der Waals surface area contributed by atoms with Crippen LogP contribution in [0.2, 0.25) is 0 Å². The normalized spacial score (nSPS) is 10.1. The summed E-state index contributed by atoms with van der Waals surface area (Å²) in [6, 6.07) is 4.22. The van der Waals surface area contributed by atoms with Gasteiger partial charge in [0.15, 0.2) is 0 Å². The van der Waals surface area contributed by atoms with Crippen molar-refractivity contribution in [2.24, 2.45) is 0 Å². The van der Waals surface area contributed by atoms with E-state index >= 15 is 0 Å². The van der Waals surface area contributed by atoms with Gasteiger partial charge >= 0.3 is 0 Å². The highest BCUT2D eigenvalue weighted by Crippen LogP contribution is 2.18. The monoisotopic (exact) mass is 149 g/mol. The molecule has 1 aromatic rings. The zero-order valence-corrected chi connectivity index (χ0v) is 7.44. The van der Waals surface area contributed by atoms with Crippen molar-refractivity contribution in [2.45, 2.75) is 27.2 Å². The quantitative estimate of drug-likeness (QED) is 0.610. The number of nitrogen functional groups attached to an aromatic ring is 1. The Bertz CT molecular complexity index is 264. The van der Waals surface area contributed by atoms with E-state index in [1.54, 1.807) is 0 Å². The molecule has 2 N–H and O–H groups in total. The highest BCUT2D eigenvalue weighted by molar-refractivity contribution is 5.52. The van der Waals surface area contributed by atoms with E-state index in [9.17, 15) is 0 Å². The van der Waals surface area contributed by atoms with E-state index in [2.05, 4.69) is 26.8 Å². The summed E-state index contributed by atoms with van der Waals surface area (Å²) in [6.45, 7) is 6.31. The van der Waals surface area contributed by atoms with Crippen molar-refractivity contribution in [1.29, 1.82) is 0 Å². The molecule has 0 fully saturated rings. The van der Waals surface area contributed by atoms with Gasteiger partial charge in [-0.1, -0.05) is 13.0 Å². The molecule has 0 bridgehead atoms. The molecule has 0 radical (unpaired) electrons. The lowest BCUT2D eigenvalue weighted by atomic mass is 10.0. The van der Waals surface area contributed by atoms with Gasteiger partial charge in [-0.25, -0.2) is 0 Å². The maximum Gasteiger partial charge on any atom is 0.0349 e. The Morgan fingerprint density at radius 2 is 1.91 bits per heavy atom. The van der Waals surface area contributed by atoms with Crippen LogP contribution >= 0.6 is 0 Å². The van der Waals surface area contributed by atoms with Gasteiger partial charge in [-0.15, -0.1) is 0 Å². The van der Waals surface area contributed by atoms with Gasteiger partial charge < -0.3 is 5.73 Å². The number of rotatable bonds is 1. The van der Waals surface area contributed by atoms with Crippen LogP contribution in [0, 0.1) is 13.8 Å². The zero-order chi connectivity index (χ0) is 8.43. The number of hydrogen-bond donors (Lipinski definition) is 1. The van der Waals surface area contributed by atoms with Crippen LogP contribution < -0.4 is 5.73 Å². The van der Waals surface area contributed by atoms with Gasteiger partial charge in [-0.3, -0.25) is 0 Å². The molecule has 0 unspecified atom stereocenters. The Hall–Kier alpha value is -0.980. The van der Waals surface area contributed by atoms with Gasteiger partial charge in [0, 0.05) is 5.69 Å². The van der Waals surface area contributed by atoms with E-state index in [-0.39, 0.29) is 0 Å². The molecule has 0 atom stereocenters. The third-order valence-electron chi connectivity index (χ3n) is 2.08. The van der Waals surface area contributed by atoms with E-state index in [1.807, 2.05) is 6.07 Å². The average molecular weight is 149 g/mol. The molecule has 0 aliphatic rings. The first-order valence-corrected chi connectivity index (χ1v) is 4.00. The van der Waals surface area contributed by atoms with Crippen LogP contribution in [0.3, 0.4) is 0 Å². The first kappa shape index (κ1) is 8.12. The van der Waals surface area contributed by atoms with Gasteiger partial charge in [0.25, 0.3) is 0 Å². The largest absolute Gasteiger partial charge is 0.398 e. The lowest BCUT2D eigenvalue weighted by Gasteiger charge is -2.07. The first-order chi connectivity index (χ1) is 5.15. The Kier molecular flexibility index (Phi) is 2.18. The van der Waals surface area contributed by atoms with Gasteiger partial charge in [-0.2, -0.15) is 0 Å². The molecule has 0 aliphatic heterocycles. The summed E-state index contributed by atoms with van der Waals surface area (Å²) in [5.41, 5.74) is 10.6. The van der Waals surface area contributed by atoms with Crippen molar-refractivity contribution >= 4 is 5.69 Å². The second-order valence-electron chi connectivity index (χ2n) is 2.99. The van der Waals surface area contributed by atoms with Crippen LogP contribution in [0.5, 0.6) is 0 Å². The first-order valence-electron chi connectivity index (χ1n) is 4.00. The van der Waals surface area contributed by atoms with Crippen LogP contribution in [-0.4, -0.2) is 0 Å². The molecular weight excluding hydrogens is 134 g/mol. The summed E-state index contributed by atoms with van der Waals surface area (Å²) in [5.74, 6) is 0. The predicted molar refractivity (Wildman–Crippen MR) is 49.7 cm³/mol. The van der Waals surface area contributed by atoms with Crippen LogP contribution in [0.1, 0.15) is 23.6 Å². The fraction of sp³-hybridized carbons (Fsp3) is 0.400. The lowest BCUT2D eigenvalue weighted by Crippen LogP contribution is -1.95. The highest BCUT2D eigenvalue weighted by Gasteiger charge is 1.99. The number of nitrogens with two attached hydrogens (primary N) is 1. The second kappa shape index (κ2) is 2.95. The van der Waals surface area contributed by atoms with E-state index in [4.69, 9.17) is 5.73 Å². The van der Waals surface area contributed by atoms with Gasteiger partial charge in [0.05, 0.1) is 0 Å². The number of benzene rings is 1. The topological polar surface area (TPSA) is 26.0 Å². The molecule has 1 heteroatoms. The smallest absolute Gasteiger partial charge is 0.0349 e. The number of aryl methyl sites for hydroxylation is 2. The van der Waals surface area contributed by atoms with Crippen LogP contribution in [-0.2, 0) is 6.42 Å². The fourth-order valence-corrected chi connectivity index (χ4v) is 1.33. The predicted octanol–water partition coefficient (Wildman–Crippen LogP) is 2.45. The van der Waals surface area contributed by atoms with E-state index in [0.717, 1.165) is 12.1 Å². The van der Waals surface area contributed by atoms with Crippen molar-refractivity contribution < 1.29 is 0 Å². The number of hydrogen-bond acceptors (Lipinski definition) is 1. The van der Waals surface area contributed by atoms with Crippen molar-refractivity contribution in [3.63, 3.8) is 0 Å². The second-order valence-corrected chi connectivity index (χ2v) is 2.99. The van der Waals surface area contributed by atoms with E-state index < -0.39 is 0 Å². The zero-order valence-electron chi connectivity index (χ0n) is 7.44. The summed E-state index contributed by atoms with van der Waals surface area (Å²) in [4.78, 5) is 0. The molecule has 0 spiro atoms. The highest BCUT2D eigenvalue weighted by atomic mass is 14.6. The Labute approximate surface area is 68.2 Å². The minimum atomic E-state index is 0.918.